The van der Waals surface area contributed by atoms with Gasteiger partial charge in [-0.05, 0) is 23.3 Å². The highest BCUT2D eigenvalue weighted by Crippen LogP contribution is 2.12. The van der Waals surface area contributed by atoms with Crippen molar-refractivity contribution in [1.82, 2.24) is 15.2 Å². The Kier molecular flexibility index (Phi) is 5.85. The molecule has 25 heavy (non-hydrogen) atoms. The van der Waals surface area contributed by atoms with Crippen molar-refractivity contribution in [2.24, 2.45) is 0 Å². The van der Waals surface area contributed by atoms with E-state index in [9.17, 15) is 4.79 Å². The third kappa shape index (κ3) is 4.70. The van der Waals surface area contributed by atoms with Crippen molar-refractivity contribution >= 4 is 11.8 Å². The normalized spacial score (nSPS) is 14.4. The lowest BCUT2D eigenvalue weighted by Gasteiger charge is -2.35. The van der Waals surface area contributed by atoms with E-state index < -0.39 is 0 Å². The van der Waals surface area contributed by atoms with Crippen LogP contribution in [0.25, 0.3) is 0 Å². The fourth-order valence-electron chi connectivity index (χ4n) is 2.96. The Morgan fingerprint density at radius 1 is 1.12 bits per heavy atom. The summed E-state index contributed by atoms with van der Waals surface area (Å²) >= 11 is 0. The predicted octanol–water partition coefficient (Wildman–Crippen LogP) is 2.26. The molecule has 0 atom stereocenters. The Hall–Kier alpha value is -2.60. The maximum Gasteiger partial charge on any atom is 0.317 e. The number of rotatable bonds is 5. The number of aromatic nitrogens is 1. The molecule has 2 amide bonds. The number of carbonyl (C=O) groups is 1. The van der Waals surface area contributed by atoms with E-state index in [4.69, 9.17) is 4.74 Å². The van der Waals surface area contributed by atoms with Gasteiger partial charge in [0, 0.05) is 46.0 Å². The Morgan fingerprint density at radius 3 is 2.64 bits per heavy atom. The SMILES string of the molecule is COCc1cccc(CNC(=O)N2CCN(c3ccccn3)CC2)c1. The molecule has 0 aliphatic carbocycles. The number of nitrogens with one attached hydrogen (secondary N) is 1. The molecular weight excluding hydrogens is 316 g/mol. The number of anilines is 1. The second-order valence-corrected chi connectivity index (χ2v) is 6.07. The quantitative estimate of drug-likeness (QED) is 0.907. The van der Waals surface area contributed by atoms with E-state index in [2.05, 4.69) is 21.3 Å². The first-order valence-corrected chi connectivity index (χ1v) is 8.52. The van der Waals surface area contributed by atoms with Gasteiger partial charge in [0.15, 0.2) is 0 Å². The Balaban J connectivity index is 1.47. The molecule has 1 saturated heterocycles. The summed E-state index contributed by atoms with van der Waals surface area (Å²) < 4.78 is 5.14. The minimum Gasteiger partial charge on any atom is -0.380 e. The van der Waals surface area contributed by atoms with E-state index in [1.807, 2.05) is 41.3 Å². The summed E-state index contributed by atoms with van der Waals surface area (Å²) in [6.07, 6.45) is 1.80. The van der Waals surface area contributed by atoms with Crippen LogP contribution in [0.4, 0.5) is 10.6 Å². The lowest BCUT2D eigenvalue weighted by molar-refractivity contribution is 0.185. The summed E-state index contributed by atoms with van der Waals surface area (Å²) in [4.78, 5) is 20.8. The number of amides is 2. The van der Waals surface area contributed by atoms with Crippen LogP contribution in [-0.2, 0) is 17.9 Å². The maximum absolute atomic E-state index is 12.4. The number of hydrogen-bond acceptors (Lipinski definition) is 4. The minimum absolute atomic E-state index is 0.0159. The molecule has 0 radical (unpaired) electrons. The van der Waals surface area contributed by atoms with Crippen molar-refractivity contribution in [1.29, 1.82) is 0 Å². The fraction of sp³-hybridized carbons (Fsp3) is 0.368. The predicted molar refractivity (Wildman–Crippen MR) is 97.4 cm³/mol. The molecule has 0 saturated carbocycles. The molecule has 1 aliphatic heterocycles. The summed E-state index contributed by atoms with van der Waals surface area (Å²) in [6, 6.07) is 14.0. The minimum atomic E-state index is -0.0159. The van der Waals surface area contributed by atoms with Crippen molar-refractivity contribution in [3.05, 3.63) is 59.8 Å². The lowest BCUT2D eigenvalue weighted by atomic mass is 10.1. The first-order valence-electron chi connectivity index (χ1n) is 8.52. The fourth-order valence-corrected chi connectivity index (χ4v) is 2.96. The van der Waals surface area contributed by atoms with Gasteiger partial charge in [-0.2, -0.15) is 0 Å². The highest BCUT2D eigenvalue weighted by molar-refractivity contribution is 5.74. The molecule has 132 valence electrons. The second kappa shape index (κ2) is 8.48. The van der Waals surface area contributed by atoms with E-state index >= 15 is 0 Å². The first-order chi connectivity index (χ1) is 12.3. The van der Waals surface area contributed by atoms with Crippen LogP contribution in [0.5, 0.6) is 0 Å². The van der Waals surface area contributed by atoms with E-state index in [1.165, 1.54) is 0 Å². The van der Waals surface area contributed by atoms with Crippen LogP contribution >= 0.6 is 0 Å². The summed E-state index contributed by atoms with van der Waals surface area (Å²) in [7, 11) is 1.68. The topological polar surface area (TPSA) is 57.7 Å². The van der Waals surface area contributed by atoms with Crippen LogP contribution in [0, 0.1) is 0 Å². The largest absolute Gasteiger partial charge is 0.380 e. The molecule has 6 nitrogen and oxygen atoms in total. The number of methoxy groups -OCH3 is 1. The number of piperazine rings is 1. The van der Waals surface area contributed by atoms with Crippen molar-refractivity contribution in [2.75, 3.05) is 38.2 Å². The third-order valence-corrected chi connectivity index (χ3v) is 4.29. The molecule has 1 aliphatic rings. The van der Waals surface area contributed by atoms with Gasteiger partial charge in [-0.15, -0.1) is 0 Å². The van der Waals surface area contributed by atoms with Crippen LogP contribution in [0.2, 0.25) is 0 Å². The van der Waals surface area contributed by atoms with Crippen LogP contribution in [0.1, 0.15) is 11.1 Å². The molecule has 1 N–H and O–H groups in total. The molecule has 1 fully saturated rings. The summed E-state index contributed by atoms with van der Waals surface area (Å²) in [5.74, 6) is 0.970. The second-order valence-electron chi connectivity index (χ2n) is 6.07. The van der Waals surface area contributed by atoms with Gasteiger partial charge in [-0.1, -0.05) is 30.3 Å². The van der Waals surface area contributed by atoms with Crippen molar-refractivity contribution in [2.45, 2.75) is 13.2 Å². The van der Waals surface area contributed by atoms with E-state index in [-0.39, 0.29) is 6.03 Å². The molecule has 2 aromatic rings. The zero-order chi connectivity index (χ0) is 17.5. The van der Waals surface area contributed by atoms with Crippen molar-refractivity contribution < 1.29 is 9.53 Å². The molecule has 0 spiro atoms. The zero-order valence-corrected chi connectivity index (χ0v) is 14.5. The summed E-state index contributed by atoms with van der Waals surface area (Å²) in [6.45, 7) is 4.11. The van der Waals surface area contributed by atoms with Gasteiger partial charge >= 0.3 is 6.03 Å². The summed E-state index contributed by atoms with van der Waals surface area (Å²) in [5.41, 5.74) is 2.19. The highest BCUT2D eigenvalue weighted by atomic mass is 16.5. The van der Waals surface area contributed by atoms with Crippen LogP contribution < -0.4 is 10.2 Å². The maximum atomic E-state index is 12.4. The van der Waals surface area contributed by atoms with Gasteiger partial charge in [-0.3, -0.25) is 0 Å². The van der Waals surface area contributed by atoms with Gasteiger partial charge in [0.25, 0.3) is 0 Å². The number of pyridine rings is 1. The molecule has 3 rings (SSSR count). The lowest BCUT2D eigenvalue weighted by Crippen LogP contribution is -2.51. The average Bonchev–Trinajstić information content (AvgIpc) is 2.67. The molecule has 6 heteroatoms. The van der Waals surface area contributed by atoms with Crippen LogP contribution in [-0.4, -0.2) is 49.2 Å². The van der Waals surface area contributed by atoms with Crippen molar-refractivity contribution in [3.63, 3.8) is 0 Å². The van der Waals surface area contributed by atoms with Crippen molar-refractivity contribution in [3.8, 4) is 0 Å². The van der Waals surface area contributed by atoms with E-state index in [1.54, 1.807) is 13.3 Å². The number of hydrogen-bond donors (Lipinski definition) is 1. The van der Waals surface area contributed by atoms with Gasteiger partial charge in [0.05, 0.1) is 6.61 Å². The molecule has 2 heterocycles. The Bertz CT molecular complexity index is 685. The number of carbonyl (C=O) groups excluding carboxylic acids is 1. The number of benzene rings is 1. The number of ether oxygens (including phenoxy) is 1. The van der Waals surface area contributed by atoms with Crippen LogP contribution in [0.3, 0.4) is 0 Å². The molecule has 0 bridgehead atoms. The molecular formula is C19H24N4O2. The monoisotopic (exact) mass is 340 g/mol. The standard InChI is InChI=1S/C19H24N4O2/c1-25-15-17-6-4-5-16(13-17)14-21-19(24)23-11-9-22(10-12-23)18-7-2-3-8-20-18/h2-8,13H,9-12,14-15H2,1H3,(H,21,24). The van der Waals surface area contributed by atoms with Gasteiger partial charge < -0.3 is 19.9 Å². The number of urea groups is 1. The number of nitrogens with zero attached hydrogens (tertiary/aromatic N) is 3. The molecule has 0 unspecified atom stereocenters. The summed E-state index contributed by atoms with van der Waals surface area (Å²) in [5, 5.41) is 3.00. The van der Waals surface area contributed by atoms with Crippen LogP contribution in [0.15, 0.2) is 48.7 Å². The Morgan fingerprint density at radius 2 is 1.92 bits per heavy atom. The molecule has 1 aromatic carbocycles. The van der Waals surface area contributed by atoms with Gasteiger partial charge in [0.1, 0.15) is 5.82 Å². The molecule has 1 aromatic heterocycles. The third-order valence-electron chi connectivity index (χ3n) is 4.29. The first kappa shape index (κ1) is 17.2. The zero-order valence-electron chi connectivity index (χ0n) is 14.5. The average molecular weight is 340 g/mol. The van der Waals surface area contributed by atoms with E-state index in [0.717, 1.165) is 30.0 Å². The highest BCUT2D eigenvalue weighted by Gasteiger charge is 2.21. The van der Waals surface area contributed by atoms with Gasteiger partial charge in [-0.25, -0.2) is 9.78 Å². The smallest absolute Gasteiger partial charge is 0.317 e. The van der Waals surface area contributed by atoms with E-state index in [0.29, 0.717) is 26.2 Å². The Labute approximate surface area is 148 Å². The van der Waals surface area contributed by atoms with Gasteiger partial charge in [0.2, 0.25) is 0 Å².